The Morgan fingerprint density at radius 2 is 1.93 bits per heavy atom. The van der Waals surface area contributed by atoms with Crippen molar-refractivity contribution in [3.05, 3.63) is 58.1 Å². The Morgan fingerprint density at radius 3 is 2.79 bits per heavy atom. The number of para-hydroxylation sites is 2. The average molecular weight is 377 g/mol. The maximum absolute atomic E-state index is 12.5. The monoisotopic (exact) mass is 377 g/mol. The topological polar surface area (TPSA) is 81.9 Å². The highest BCUT2D eigenvalue weighted by Gasteiger charge is 2.25. The highest BCUT2D eigenvalue weighted by atomic mass is 16.5. The van der Waals surface area contributed by atoms with Gasteiger partial charge < -0.3 is 10.1 Å². The number of benzene rings is 1. The minimum absolute atomic E-state index is 0.0129. The number of aromatic nitrogens is 4. The molecule has 5 rings (SSSR count). The summed E-state index contributed by atoms with van der Waals surface area (Å²) in [6.07, 6.45) is 6.40. The molecule has 1 aliphatic heterocycles. The van der Waals surface area contributed by atoms with Crippen LogP contribution in [0.2, 0.25) is 0 Å². The van der Waals surface area contributed by atoms with Crippen LogP contribution in [0, 0.1) is 0 Å². The predicted molar refractivity (Wildman–Crippen MR) is 106 cm³/mol. The van der Waals surface area contributed by atoms with E-state index in [-0.39, 0.29) is 11.6 Å². The number of anilines is 1. The van der Waals surface area contributed by atoms with Gasteiger partial charge in [-0.25, -0.2) is 9.67 Å². The normalized spacial score (nSPS) is 22.0. The zero-order valence-corrected chi connectivity index (χ0v) is 15.7. The molecule has 0 bridgehead atoms. The van der Waals surface area contributed by atoms with Crippen LogP contribution in [0.1, 0.15) is 43.0 Å². The molecular weight excluding hydrogens is 354 g/mol. The van der Waals surface area contributed by atoms with Gasteiger partial charge in [-0.05, 0) is 37.8 Å². The first-order valence-electron chi connectivity index (χ1n) is 9.94. The Bertz CT molecular complexity index is 1060. The van der Waals surface area contributed by atoms with Crippen LogP contribution < -0.4 is 10.9 Å². The van der Waals surface area contributed by atoms with E-state index < -0.39 is 0 Å². The van der Waals surface area contributed by atoms with Gasteiger partial charge in [0.25, 0.3) is 5.56 Å². The molecule has 3 heterocycles. The van der Waals surface area contributed by atoms with Crippen molar-refractivity contribution >= 4 is 16.9 Å². The second-order valence-electron chi connectivity index (χ2n) is 7.60. The number of rotatable bonds is 3. The molecule has 0 spiro atoms. The SMILES string of the molecule is O=c1cc2c(nn1C1CCC(Nc3cnc4ccccc4n3)CC1)CCOC2. The Balaban J connectivity index is 1.26. The minimum atomic E-state index is -0.0129. The fraction of sp³-hybridized carbons (Fsp3) is 0.429. The molecule has 144 valence electrons. The molecule has 2 aliphatic rings. The van der Waals surface area contributed by atoms with Gasteiger partial charge in [0.15, 0.2) is 0 Å². The molecule has 7 heteroatoms. The zero-order chi connectivity index (χ0) is 18.9. The van der Waals surface area contributed by atoms with Crippen LogP contribution in [0.3, 0.4) is 0 Å². The molecule has 1 saturated carbocycles. The summed E-state index contributed by atoms with van der Waals surface area (Å²) in [5, 5.41) is 8.17. The van der Waals surface area contributed by atoms with Crippen LogP contribution in [0.4, 0.5) is 5.82 Å². The van der Waals surface area contributed by atoms with Gasteiger partial charge in [-0.15, -0.1) is 0 Å². The maximum atomic E-state index is 12.5. The molecular formula is C21H23N5O2. The van der Waals surface area contributed by atoms with E-state index in [1.165, 1.54) is 0 Å². The second-order valence-corrected chi connectivity index (χ2v) is 7.60. The number of fused-ring (bicyclic) bond motifs is 2. The molecule has 0 saturated heterocycles. The summed E-state index contributed by atoms with van der Waals surface area (Å²) in [5.41, 5.74) is 3.74. The van der Waals surface area contributed by atoms with Gasteiger partial charge in [0, 0.05) is 24.1 Å². The van der Waals surface area contributed by atoms with Crippen LogP contribution in [-0.4, -0.2) is 32.4 Å². The van der Waals surface area contributed by atoms with Crippen LogP contribution in [0.15, 0.2) is 41.3 Å². The molecule has 3 aromatic rings. The first kappa shape index (κ1) is 17.3. The smallest absolute Gasteiger partial charge is 0.267 e. The molecule has 0 atom stereocenters. The van der Waals surface area contributed by atoms with E-state index in [0.29, 0.717) is 19.3 Å². The third-order valence-corrected chi connectivity index (χ3v) is 5.71. The van der Waals surface area contributed by atoms with Crippen molar-refractivity contribution in [3.8, 4) is 0 Å². The lowest BCUT2D eigenvalue weighted by Crippen LogP contribution is -2.35. The maximum Gasteiger partial charge on any atom is 0.267 e. The first-order valence-corrected chi connectivity index (χ1v) is 9.94. The molecule has 0 radical (unpaired) electrons. The van der Waals surface area contributed by atoms with Crippen LogP contribution >= 0.6 is 0 Å². The summed E-state index contributed by atoms with van der Waals surface area (Å²) in [5.74, 6) is 0.811. The lowest BCUT2D eigenvalue weighted by Gasteiger charge is -2.30. The van der Waals surface area contributed by atoms with E-state index in [1.807, 2.05) is 24.3 Å². The van der Waals surface area contributed by atoms with Crippen molar-refractivity contribution in [1.82, 2.24) is 19.7 Å². The fourth-order valence-corrected chi connectivity index (χ4v) is 4.19. The third-order valence-electron chi connectivity index (χ3n) is 5.71. The summed E-state index contributed by atoms with van der Waals surface area (Å²) < 4.78 is 7.13. The lowest BCUT2D eigenvalue weighted by atomic mass is 9.91. The van der Waals surface area contributed by atoms with Crippen LogP contribution in [0.5, 0.6) is 0 Å². The van der Waals surface area contributed by atoms with Gasteiger partial charge in [0.1, 0.15) is 5.82 Å². The Kier molecular flexibility index (Phi) is 4.52. The van der Waals surface area contributed by atoms with Crippen molar-refractivity contribution in [2.75, 3.05) is 11.9 Å². The van der Waals surface area contributed by atoms with Gasteiger partial charge >= 0.3 is 0 Å². The van der Waals surface area contributed by atoms with Crippen molar-refractivity contribution in [3.63, 3.8) is 0 Å². The largest absolute Gasteiger partial charge is 0.376 e. The minimum Gasteiger partial charge on any atom is -0.376 e. The average Bonchev–Trinajstić information content (AvgIpc) is 2.74. The van der Waals surface area contributed by atoms with E-state index >= 15 is 0 Å². The highest BCUT2D eigenvalue weighted by molar-refractivity contribution is 5.75. The van der Waals surface area contributed by atoms with Gasteiger partial charge in [0.2, 0.25) is 0 Å². The summed E-state index contributed by atoms with van der Waals surface area (Å²) in [4.78, 5) is 21.6. The van der Waals surface area contributed by atoms with E-state index in [1.54, 1.807) is 16.9 Å². The molecule has 1 fully saturated rings. The van der Waals surface area contributed by atoms with Gasteiger partial charge in [0.05, 0.1) is 42.2 Å². The molecule has 28 heavy (non-hydrogen) atoms. The zero-order valence-electron chi connectivity index (χ0n) is 15.7. The number of hydrogen-bond donors (Lipinski definition) is 1. The number of nitrogens with zero attached hydrogens (tertiary/aromatic N) is 4. The van der Waals surface area contributed by atoms with Crippen molar-refractivity contribution in [2.45, 2.75) is 50.8 Å². The van der Waals surface area contributed by atoms with E-state index in [4.69, 9.17) is 4.74 Å². The lowest BCUT2D eigenvalue weighted by molar-refractivity contribution is 0.107. The molecule has 1 N–H and O–H groups in total. The Morgan fingerprint density at radius 1 is 1.11 bits per heavy atom. The van der Waals surface area contributed by atoms with Gasteiger partial charge in [-0.2, -0.15) is 5.10 Å². The third kappa shape index (κ3) is 3.38. The van der Waals surface area contributed by atoms with Crippen molar-refractivity contribution < 1.29 is 4.74 Å². The standard InChI is InChI=1S/C21H23N5O2/c27-21-11-14-13-28-10-9-17(14)25-26(21)16-7-5-15(6-8-16)23-20-12-22-18-3-1-2-4-19(18)24-20/h1-4,11-12,15-16H,5-10,13H2,(H,23,24). The predicted octanol–water partition coefficient (Wildman–Crippen LogP) is 2.86. The Hall–Kier alpha value is -2.80. The summed E-state index contributed by atoms with van der Waals surface area (Å²) in [6, 6.07) is 10.1. The molecule has 0 amide bonds. The number of ether oxygens (including phenoxy) is 1. The summed E-state index contributed by atoms with van der Waals surface area (Å²) in [6.45, 7) is 1.18. The fourth-order valence-electron chi connectivity index (χ4n) is 4.19. The van der Waals surface area contributed by atoms with Crippen molar-refractivity contribution in [2.24, 2.45) is 0 Å². The number of nitrogens with one attached hydrogen (secondary N) is 1. The van der Waals surface area contributed by atoms with E-state index in [2.05, 4.69) is 20.4 Å². The molecule has 1 aliphatic carbocycles. The molecule has 2 aromatic heterocycles. The summed E-state index contributed by atoms with van der Waals surface area (Å²) in [7, 11) is 0. The number of hydrogen-bond acceptors (Lipinski definition) is 6. The van der Waals surface area contributed by atoms with Crippen molar-refractivity contribution in [1.29, 1.82) is 0 Å². The van der Waals surface area contributed by atoms with Crippen LogP contribution in [0.25, 0.3) is 11.0 Å². The van der Waals surface area contributed by atoms with Crippen LogP contribution in [-0.2, 0) is 17.8 Å². The summed E-state index contributed by atoms with van der Waals surface area (Å²) >= 11 is 0. The van der Waals surface area contributed by atoms with Gasteiger partial charge in [-0.1, -0.05) is 12.1 Å². The highest BCUT2D eigenvalue weighted by Crippen LogP contribution is 2.29. The van der Waals surface area contributed by atoms with Gasteiger partial charge in [-0.3, -0.25) is 9.78 Å². The molecule has 0 unspecified atom stereocenters. The van der Waals surface area contributed by atoms with E-state index in [9.17, 15) is 4.79 Å². The second kappa shape index (κ2) is 7.31. The van der Waals surface area contributed by atoms with E-state index in [0.717, 1.165) is 60.2 Å². The Labute approximate surface area is 162 Å². The quantitative estimate of drug-likeness (QED) is 0.756. The molecule has 7 nitrogen and oxygen atoms in total. The molecule has 1 aromatic carbocycles. The first-order chi connectivity index (χ1) is 13.8.